The lowest BCUT2D eigenvalue weighted by molar-refractivity contribution is -0.118. The Morgan fingerprint density at radius 1 is 1.15 bits per heavy atom. The van der Waals surface area contributed by atoms with Crippen molar-refractivity contribution in [2.75, 3.05) is 30.5 Å². The fraction of sp³-hybridized carbons (Fsp3) is 0.435. The molecule has 1 aliphatic carbocycles. The molecular formula is C23H28N2O2. The molecule has 4 rings (SSSR count). The van der Waals surface area contributed by atoms with Crippen LogP contribution in [0.5, 0.6) is 0 Å². The van der Waals surface area contributed by atoms with Crippen molar-refractivity contribution in [1.82, 2.24) is 0 Å². The third-order valence-electron chi connectivity index (χ3n) is 5.48. The van der Waals surface area contributed by atoms with Gasteiger partial charge in [-0.25, -0.2) is 0 Å². The van der Waals surface area contributed by atoms with Crippen LogP contribution < -0.4 is 10.2 Å². The number of nitrogens with one attached hydrogen (secondary N) is 1. The van der Waals surface area contributed by atoms with Crippen LogP contribution in [0.2, 0.25) is 0 Å². The largest absolute Gasteiger partial charge is 0.383 e. The van der Waals surface area contributed by atoms with Crippen molar-refractivity contribution in [3.8, 4) is 0 Å². The Labute approximate surface area is 161 Å². The predicted molar refractivity (Wildman–Crippen MR) is 109 cm³/mol. The number of aryl methyl sites for hydroxylation is 1. The molecule has 1 amide bonds. The van der Waals surface area contributed by atoms with Crippen LogP contribution in [0.1, 0.15) is 30.4 Å². The molecule has 1 saturated carbocycles. The summed E-state index contributed by atoms with van der Waals surface area (Å²) in [6.07, 6.45) is 4.89. The zero-order chi connectivity index (χ0) is 18.6. The van der Waals surface area contributed by atoms with Gasteiger partial charge in [-0.15, -0.1) is 0 Å². The molecule has 142 valence electrons. The van der Waals surface area contributed by atoms with Crippen molar-refractivity contribution < 1.29 is 9.53 Å². The first-order chi connectivity index (χ1) is 13.2. The SMILES string of the molecule is COCC(Cc1ccccc1)Nc1ccc2c(c1)CCC(=O)N2CC1CC1. The molecule has 0 spiro atoms. The van der Waals surface area contributed by atoms with Crippen LogP contribution in [0.3, 0.4) is 0 Å². The van der Waals surface area contributed by atoms with Gasteiger partial charge in [0.25, 0.3) is 0 Å². The van der Waals surface area contributed by atoms with Gasteiger partial charge in [-0.05, 0) is 60.9 Å². The number of hydrogen-bond acceptors (Lipinski definition) is 3. The van der Waals surface area contributed by atoms with Gasteiger partial charge in [0.05, 0.1) is 12.6 Å². The van der Waals surface area contributed by atoms with Gasteiger partial charge in [0.2, 0.25) is 5.91 Å². The van der Waals surface area contributed by atoms with Crippen LogP contribution in [0.4, 0.5) is 11.4 Å². The summed E-state index contributed by atoms with van der Waals surface area (Å²) in [6, 6.07) is 17.1. The number of methoxy groups -OCH3 is 1. The van der Waals surface area contributed by atoms with Gasteiger partial charge in [0.1, 0.15) is 0 Å². The molecule has 1 heterocycles. The second kappa shape index (κ2) is 8.13. The maximum absolute atomic E-state index is 12.4. The molecule has 1 fully saturated rings. The minimum Gasteiger partial charge on any atom is -0.383 e. The maximum Gasteiger partial charge on any atom is 0.227 e. The summed E-state index contributed by atoms with van der Waals surface area (Å²) in [4.78, 5) is 14.4. The Balaban J connectivity index is 1.49. The van der Waals surface area contributed by atoms with Crippen LogP contribution in [-0.2, 0) is 22.4 Å². The Hall–Kier alpha value is -2.33. The van der Waals surface area contributed by atoms with Crippen LogP contribution in [0, 0.1) is 5.92 Å². The summed E-state index contributed by atoms with van der Waals surface area (Å²) < 4.78 is 5.43. The van der Waals surface area contributed by atoms with Crippen LogP contribution in [-0.4, -0.2) is 32.2 Å². The Bertz CT molecular complexity index is 786. The van der Waals surface area contributed by atoms with Crippen LogP contribution >= 0.6 is 0 Å². The smallest absolute Gasteiger partial charge is 0.227 e. The standard InChI is InChI=1S/C23H28N2O2/c1-27-16-21(13-17-5-3-2-4-6-17)24-20-10-11-22-19(14-20)9-12-23(26)25(22)15-18-7-8-18/h2-6,10-11,14,18,21,24H,7-9,12-13,15-16H2,1H3. The summed E-state index contributed by atoms with van der Waals surface area (Å²) in [5.74, 6) is 0.978. The van der Waals surface area contributed by atoms with E-state index in [1.54, 1.807) is 7.11 Å². The zero-order valence-corrected chi connectivity index (χ0v) is 16.0. The second-order valence-corrected chi connectivity index (χ2v) is 7.78. The third kappa shape index (κ3) is 4.51. The van der Waals surface area contributed by atoms with Crippen molar-refractivity contribution in [2.24, 2.45) is 5.92 Å². The second-order valence-electron chi connectivity index (χ2n) is 7.78. The summed E-state index contributed by atoms with van der Waals surface area (Å²) >= 11 is 0. The number of fused-ring (bicyclic) bond motifs is 1. The first-order valence-electron chi connectivity index (χ1n) is 9.95. The highest BCUT2D eigenvalue weighted by Crippen LogP contribution is 2.36. The highest BCUT2D eigenvalue weighted by atomic mass is 16.5. The molecule has 0 radical (unpaired) electrons. The molecule has 1 N–H and O–H groups in total. The quantitative estimate of drug-likeness (QED) is 0.768. The van der Waals surface area contributed by atoms with Crippen LogP contribution in [0.15, 0.2) is 48.5 Å². The fourth-order valence-electron chi connectivity index (χ4n) is 3.90. The van der Waals surface area contributed by atoms with E-state index in [1.807, 2.05) is 11.0 Å². The Morgan fingerprint density at radius 3 is 2.70 bits per heavy atom. The first kappa shape index (κ1) is 18.1. The molecule has 4 nitrogen and oxygen atoms in total. The summed E-state index contributed by atoms with van der Waals surface area (Å²) in [6.45, 7) is 1.54. The van der Waals surface area contributed by atoms with Gasteiger partial charge < -0.3 is 15.0 Å². The summed E-state index contributed by atoms with van der Waals surface area (Å²) in [7, 11) is 1.74. The molecule has 4 heteroatoms. The monoisotopic (exact) mass is 364 g/mol. The third-order valence-corrected chi connectivity index (χ3v) is 5.48. The number of ether oxygens (including phenoxy) is 1. The molecular weight excluding hydrogens is 336 g/mol. The average Bonchev–Trinajstić information content (AvgIpc) is 3.49. The van der Waals surface area contributed by atoms with Crippen molar-refractivity contribution in [3.05, 3.63) is 59.7 Å². The molecule has 2 aromatic carbocycles. The summed E-state index contributed by atoms with van der Waals surface area (Å²) in [5, 5.41) is 3.63. The number of hydrogen-bond donors (Lipinski definition) is 1. The van der Waals surface area contributed by atoms with E-state index in [1.165, 1.54) is 24.0 Å². The topological polar surface area (TPSA) is 41.6 Å². The Kier molecular flexibility index (Phi) is 5.44. The number of benzene rings is 2. The van der Waals surface area contributed by atoms with Gasteiger partial charge in [-0.2, -0.15) is 0 Å². The fourth-order valence-corrected chi connectivity index (χ4v) is 3.90. The van der Waals surface area contributed by atoms with Gasteiger partial charge in [-0.1, -0.05) is 30.3 Å². The van der Waals surface area contributed by atoms with Gasteiger partial charge in [-0.3, -0.25) is 4.79 Å². The van der Waals surface area contributed by atoms with E-state index in [4.69, 9.17) is 4.74 Å². The number of rotatable bonds is 8. The van der Waals surface area contributed by atoms with E-state index in [2.05, 4.69) is 47.8 Å². The van der Waals surface area contributed by atoms with Gasteiger partial charge in [0, 0.05) is 31.5 Å². The van der Waals surface area contributed by atoms with Gasteiger partial charge in [0.15, 0.2) is 0 Å². The molecule has 0 bridgehead atoms. The molecule has 2 aliphatic rings. The van der Waals surface area contributed by atoms with Crippen molar-refractivity contribution in [3.63, 3.8) is 0 Å². The molecule has 1 atom stereocenters. The molecule has 1 aliphatic heterocycles. The number of carbonyl (C=O) groups excluding carboxylic acids is 1. The first-order valence-corrected chi connectivity index (χ1v) is 9.95. The minimum atomic E-state index is 0.211. The van der Waals surface area contributed by atoms with Gasteiger partial charge >= 0.3 is 0 Å². The zero-order valence-electron chi connectivity index (χ0n) is 16.0. The van der Waals surface area contributed by atoms with E-state index >= 15 is 0 Å². The van der Waals surface area contributed by atoms with E-state index in [-0.39, 0.29) is 11.9 Å². The van der Waals surface area contributed by atoms with E-state index in [0.29, 0.717) is 18.9 Å². The van der Waals surface area contributed by atoms with E-state index in [9.17, 15) is 4.79 Å². The average molecular weight is 364 g/mol. The molecule has 27 heavy (non-hydrogen) atoms. The minimum absolute atomic E-state index is 0.211. The molecule has 1 unspecified atom stereocenters. The highest BCUT2D eigenvalue weighted by Gasteiger charge is 2.31. The number of amides is 1. The number of carbonyl (C=O) groups is 1. The summed E-state index contributed by atoms with van der Waals surface area (Å²) in [5.41, 5.74) is 4.78. The maximum atomic E-state index is 12.4. The van der Waals surface area contributed by atoms with E-state index in [0.717, 1.165) is 30.8 Å². The van der Waals surface area contributed by atoms with Crippen molar-refractivity contribution >= 4 is 17.3 Å². The lowest BCUT2D eigenvalue weighted by atomic mass is 9.99. The predicted octanol–water partition coefficient (Wildman–Crippen LogP) is 4.05. The molecule has 0 aromatic heterocycles. The van der Waals surface area contributed by atoms with E-state index < -0.39 is 0 Å². The highest BCUT2D eigenvalue weighted by molar-refractivity contribution is 5.96. The van der Waals surface area contributed by atoms with Crippen LogP contribution in [0.25, 0.3) is 0 Å². The number of nitrogens with zero attached hydrogens (tertiary/aromatic N) is 1. The number of anilines is 2. The van der Waals surface area contributed by atoms with Crippen molar-refractivity contribution in [1.29, 1.82) is 0 Å². The lowest BCUT2D eigenvalue weighted by Crippen LogP contribution is -2.36. The normalized spacial score (nSPS) is 17.5. The lowest BCUT2D eigenvalue weighted by Gasteiger charge is -2.30. The Morgan fingerprint density at radius 2 is 1.96 bits per heavy atom. The van der Waals surface area contributed by atoms with Crippen molar-refractivity contribution in [2.45, 2.75) is 38.1 Å². The molecule has 2 aromatic rings. The molecule has 0 saturated heterocycles.